The summed E-state index contributed by atoms with van der Waals surface area (Å²) in [6.07, 6.45) is 2.35. The fourth-order valence-corrected chi connectivity index (χ4v) is 2.83. The van der Waals surface area contributed by atoms with Gasteiger partial charge in [0.25, 0.3) is 0 Å². The van der Waals surface area contributed by atoms with Gasteiger partial charge in [0.15, 0.2) is 0 Å². The van der Waals surface area contributed by atoms with E-state index in [1.54, 1.807) is 7.05 Å². The van der Waals surface area contributed by atoms with Gasteiger partial charge in [-0.1, -0.05) is 60.7 Å². The predicted molar refractivity (Wildman–Crippen MR) is 101 cm³/mol. The molecule has 0 spiro atoms. The summed E-state index contributed by atoms with van der Waals surface area (Å²) < 4.78 is 0. The lowest BCUT2D eigenvalue weighted by Crippen LogP contribution is -2.40. The monoisotopic (exact) mass is 331 g/mol. The molecule has 3 rings (SSSR count). The quantitative estimate of drug-likeness (QED) is 0.755. The van der Waals surface area contributed by atoms with Crippen LogP contribution in [0.25, 0.3) is 22.4 Å². The van der Waals surface area contributed by atoms with E-state index < -0.39 is 6.04 Å². The summed E-state index contributed by atoms with van der Waals surface area (Å²) in [6, 6.07) is 21.5. The van der Waals surface area contributed by atoms with Crippen molar-refractivity contribution in [2.45, 2.75) is 12.5 Å². The number of hydrogen-bond acceptors (Lipinski definition) is 3. The molecule has 1 heterocycles. The summed E-state index contributed by atoms with van der Waals surface area (Å²) in [5, 5.41) is 2.59. The molecule has 0 fully saturated rings. The second kappa shape index (κ2) is 7.73. The minimum Gasteiger partial charge on any atom is -0.358 e. The fourth-order valence-electron chi connectivity index (χ4n) is 2.83. The van der Waals surface area contributed by atoms with Crippen LogP contribution in [0.5, 0.6) is 0 Å². The SMILES string of the molecule is CNC(=O)[C@@H](N)Cc1ccccc1-c1ccc(-c2ccccc2)nc1. The van der Waals surface area contributed by atoms with Gasteiger partial charge in [0.1, 0.15) is 0 Å². The summed E-state index contributed by atoms with van der Waals surface area (Å²) in [5.41, 5.74) is 11.1. The normalized spacial score (nSPS) is 11.8. The van der Waals surface area contributed by atoms with Gasteiger partial charge in [0, 0.05) is 24.4 Å². The highest BCUT2D eigenvalue weighted by Crippen LogP contribution is 2.26. The van der Waals surface area contributed by atoms with Gasteiger partial charge >= 0.3 is 0 Å². The Morgan fingerprint density at radius 2 is 1.72 bits per heavy atom. The van der Waals surface area contributed by atoms with Crippen molar-refractivity contribution < 1.29 is 4.79 Å². The molecule has 0 aliphatic heterocycles. The van der Waals surface area contributed by atoms with Gasteiger partial charge in [0.05, 0.1) is 11.7 Å². The maximum Gasteiger partial charge on any atom is 0.237 e. The Hall–Kier alpha value is -2.98. The van der Waals surface area contributed by atoms with Crippen LogP contribution in [0.4, 0.5) is 0 Å². The van der Waals surface area contributed by atoms with Crippen LogP contribution in [0.3, 0.4) is 0 Å². The molecule has 0 saturated carbocycles. The Morgan fingerprint density at radius 1 is 1.00 bits per heavy atom. The van der Waals surface area contributed by atoms with Crippen molar-refractivity contribution in [3.05, 3.63) is 78.5 Å². The molecule has 4 heteroatoms. The van der Waals surface area contributed by atoms with Crippen molar-refractivity contribution in [2.75, 3.05) is 7.05 Å². The van der Waals surface area contributed by atoms with Crippen LogP contribution in [0.1, 0.15) is 5.56 Å². The van der Waals surface area contributed by atoms with Gasteiger partial charge in [-0.15, -0.1) is 0 Å². The number of benzene rings is 2. The lowest BCUT2D eigenvalue weighted by Gasteiger charge is -2.14. The number of hydrogen-bond donors (Lipinski definition) is 2. The maximum absolute atomic E-state index is 11.7. The third-order valence-corrected chi connectivity index (χ3v) is 4.18. The molecule has 0 saturated heterocycles. The summed E-state index contributed by atoms with van der Waals surface area (Å²) in [5.74, 6) is -0.160. The first kappa shape index (κ1) is 16.9. The third-order valence-electron chi connectivity index (χ3n) is 4.18. The number of nitrogens with zero attached hydrogens (tertiary/aromatic N) is 1. The number of rotatable bonds is 5. The van der Waals surface area contributed by atoms with Crippen LogP contribution < -0.4 is 11.1 Å². The summed E-state index contributed by atoms with van der Waals surface area (Å²) in [4.78, 5) is 16.3. The van der Waals surface area contributed by atoms with Crippen molar-refractivity contribution >= 4 is 5.91 Å². The van der Waals surface area contributed by atoms with Crippen molar-refractivity contribution in [2.24, 2.45) is 5.73 Å². The first-order valence-electron chi connectivity index (χ1n) is 8.26. The minimum atomic E-state index is -0.567. The smallest absolute Gasteiger partial charge is 0.237 e. The topological polar surface area (TPSA) is 68.0 Å². The zero-order valence-corrected chi connectivity index (χ0v) is 14.1. The molecule has 0 unspecified atom stereocenters. The molecule has 0 radical (unpaired) electrons. The number of aromatic nitrogens is 1. The van der Waals surface area contributed by atoms with E-state index in [1.165, 1.54) is 0 Å². The third kappa shape index (κ3) is 3.92. The molecule has 1 aromatic heterocycles. The molecule has 1 amide bonds. The van der Waals surface area contributed by atoms with Gasteiger partial charge in [-0.3, -0.25) is 9.78 Å². The first-order valence-corrected chi connectivity index (χ1v) is 8.26. The van der Waals surface area contributed by atoms with Gasteiger partial charge in [0.2, 0.25) is 5.91 Å². The van der Waals surface area contributed by atoms with Crippen molar-refractivity contribution in [3.8, 4) is 22.4 Å². The van der Waals surface area contributed by atoms with Crippen molar-refractivity contribution in [1.82, 2.24) is 10.3 Å². The number of carbonyl (C=O) groups excluding carboxylic acids is 1. The Labute approximate surface area is 147 Å². The second-order valence-corrected chi connectivity index (χ2v) is 5.88. The Balaban J connectivity index is 1.88. The Bertz CT molecular complexity index is 845. The fraction of sp³-hybridized carbons (Fsp3) is 0.143. The van der Waals surface area contributed by atoms with Gasteiger partial charge < -0.3 is 11.1 Å². The van der Waals surface area contributed by atoms with E-state index in [9.17, 15) is 4.79 Å². The summed E-state index contributed by atoms with van der Waals surface area (Å²) in [7, 11) is 1.60. The molecule has 25 heavy (non-hydrogen) atoms. The zero-order chi connectivity index (χ0) is 17.6. The molecule has 4 nitrogen and oxygen atoms in total. The number of nitrogens with one attached hydrogen (secondary N) is 1. The summed E-state index contributed by atoms with van der Waals surface area (Å²) in [6.45, 7) is 0. The van der Waals surface area contributed by atoms with Gasteiger partial charge in [-0.25, -0.2) is 0 Å². The maximum atomic E-state index is 11.7. The largest absolute Gasteiger partial charge is 0.358 e. The standard InChI is InChI=1S/C21H21N3O/c1-23-21(25)19(22)13-16-9-5-6-10-18(16)17-11-12-20(24-14-17)15-7-3-2-4-8-15/h2-12,14,19H,13,22H2,1H3,(H,23,25)/t19-/m0/s1. The van der Waals surface area contributed by atoms with Crippen molar-refractivity contribution in [3.63, 3.8) is 0 Å². The van der Waals surface area contributed by atoms with E-state index in [4.69, 9.17) is 5.73 Å². The molecular formula is C21H21N3O. The second-order valence-electron chi connectivity index (χ2n) is 5.88. The van der Waals surface area contributed by atoms with E-state index in [0.717, 1.165) is 27.9 Å². The minimum absolute atomic E-state index is 0.160. The summed E-state index contributed by atoms with van der Waals surface area (Å²) >= 11 is 0. The van der Waals surface area contributed by atoms with Crippen molar-refractivity contribution in [1.29, 1.82) is 0 Å². The van der Waals surface area contributed by atoms with Crippen LogP contribution in [0.15, 0.2) is 72.9 Å². The van der Waals surface area contributed by atoms with Crippen LogP contribution in [0, 0.1) is 0 Å². The van der Waals surface area contributed by atoms with Crippen LogP contribution in [0.2, 0.25) is 0 Å². The van der Waals surface area contributed by atoms with Crippen LogP contribution >= 0.6 is 0 Å². The molecule has 126 valence electrons. The molecule has 0 aliphatic carbocycles. The van der Waals surface area contributed by atoms with E-state index in [-0.39, 0.29) is 5.91 Å². The Kier molecular flexibility index (Phi) is 5.21. The number of likely N-dealkylation sites (N-methyl/N-ethyl adjacent to an activating group) is 1. The van der Waals surface area contributed by atoms with Crippen LogP contribution in [-0.4, -0.2) is 24.0 Å². The Morgan fingerprint density at radius 3 is 2.40 bits per heavy atom. The first-order chi connectivity index (χ1) is 12.2. The number of nitrogens with two attached hydrogens (primary N) is 1. The highest BCUT2D eigenvalue weighted by molar-refractivity contribution is 5.82. The predicted octanol–water partition coefficient (Wildman–Crippen LogP) is 3.03. The average Bonchev–Trinajstić information content (AvgIpc) is 2.68. The zero-order valence-electron chi connectivity index (χ0n) is 14.1. The molecular weight excluding hydrogens is 310 g/mol. The molecule has 3 aromatic rings. The highest BCUT2D eigenvalue weighted by Gasteiger charge is 2.15. The molecule has 0 bridgehead atoms. The van der Waals surface area contributed by atoms with Gasteiger partial charge in [-0.2, -0.15) is 0 Å². The van der Waals surface area contributed by atoms with E-state index in [1.807, 2.05) is 66.9 Å². The van der Waals surface area contributed by atoms with Crippen LogP contribution in [-0.2, 0) is 11.2 Å². The molecule has 2 aromatic carbocycles. The lowest BCUT2D eigenvalue weighted by atomic mass is 9.95. The number of amides is 1. The van der Waals surface area contributed by atoms with E-state index >= 15 is 0 Å². The average molecular weight is 331 g/mol. The number of carbonyl (C=O) groups is 1. The molecule has 1 atom stereocenters. The molecule has 0 aliphatic rings. The number of pyridine rings is 1. The van der Waals surface area contributed by atoms with E-state index in [0.29, 0.717) is 6.42 Å². The molecule has 3 N–H and O–H groups in total. The van der Waals surface area contributed by atoms with E-state index in [2.05, 4.69) is 16.4 Å². The van der Waals surface area contributed by atoms with Gasteiger partial charge in [-0.05, 0) is 23.6 Å². The highest BCUT2D eigenvalue weighted by atomic mass is 16.2. The lowest BCUT2D eigenvalue weighted by molar-refractivity contribution is -0.121.